The predicted molar refractivity (Wildman–Crippen MR) is 63.0 cm³/mol. The minimum absolute atomic E-state index is 0.0354. The van der Waals surface area contributed by atoms with Crippen LogP contribution in [0.2, 0.25) is 0 Å². The zero-order valence-electron chi connectivity index (χ0n) is 8.63. The van der Waals surface area contributed by atoms with Gasteiger partial charge in [0.15, 0.2) is 15.6 Å². The van der Waals surface area contributed by atoms with Gasteiger partial charge in [-0.1, -0.05) is 6.42 Å². The van der Waals surface area contributed by atoms with E-state index in [1.54, 1.807) is 0 Å². The number of aromatic hydroxyl groups is 1. The van der Waals surface area contributed by atoms with Gasteiger partial charge in [-0.05, 0) is 28.8 Å². The highest BCUT2D eigenvalue weighted by Crippen LogP contribution is 2.26. The van der Waals surface area contributed by atoms with E-state index in [9.17, 15) is 13.5 Å². The van der Waals surface area contributed by atoms with Gasteiger partial charge in [-0.25, -0.2) is 8.42 Å². The Balaban J connectivity index is 2.18. The van der Waals surface area contributed by atoms with E-state index >= 15 is 0 Å². The van der Waals surface area contributed by atoms with Crippen molar-refractivity contribution in [1.82, 2.24) is 9.78 Å². The molecular weight excluding hydrogens is 296 g/mol. The number of hydrogen-bond donors (Lipinski definition) is 1. The smallest absolute Gasteiger partial charge is 0.168 e. The second-order valence-corrected chi connectivity index (χ2v) is 7.14. The third kappa shape index (κ3) is 2.24. The lowest BCUT2D eigenvalue weighted by Gasteiger charge is -2.22. The van der Waals surface area contributed by atoms with Gasteiger partial charge in [0.25, 0.3) is 0 Å². The summed E-state index contributed by atoms with van der Waals surface area (Å²) in [6.07, 6.45) is 3.67. The molecule has 1 saturated heterocycles. The Hall–Kier alpha value is -0.560. The van der Waals surface area contributed by atoms with Crippen LogP contribution in [-0.4, -0.2) is 34.3 Å². The maximum absolute atomic E-state index is 11.8. The van der Waals surface area contributed by atoms with Gasteiger partial charge in [0, 0.05) is 0 Å². The first-order valence-electron chi connectivity index (χ1n) is 5.12. The van der Waals surface area contributed by atoms with Crippen molar-refractivity contribution >= 4 is 25.8 Å². The van der Waals surface area contributed by atoms with Crippen LogP contribution in [0.1, 0.15) is 19.3 Å². The zero-order chi connectivity index (χ0) is 11.8. The number of nitrogens with zero attached hydrogens (tertiary/aromatic N) is 2. The Morgan fingerprint density at radius 1 is 1.56 bits per heavy atom. The summed E-state index contributed by atoms with van der Waals surface area (Å²) in [5.74, 6) is 0.302. The maximum Gasteiger partial charge on any atom is 0.168 e. The fourth-order valence-corrected chi connectivity index (χ4v) is 4.08. The van der Waals surface area contributed by atoms with Crippen molar-refractivity contribution in [2.45, 2.75) is 31.1 Å². The molecule has 90 valence electrons. The molecule has 0 saturated carbocycles. The standard InChI is InChI=1S/C9H13BrN2O3S/c10-9-8(13)5-11-12(9)6-7-3-1-2-4-16(7,14)15/h5,7,13H,1-4,6H2. The normalized spacial score (nSPS) is 24.4. The van der Waals surface area contributed by atoms with E-state index in [4.69, 9.17) is 0 Å². The molecule has 16 heavy (non-hydrogen) atoms. The molecule has 1 atom stereocenters. The van der Waals surface area contributed by atoms with Crippen molar-refractivity contribution < 1.29 is 13.5 Å². The molecule has 0 aliphatic carbocycles. The van der Waals surface area contributed by atoms with E-state index in [0.29, 0.717) is 17.6 Å². The van der Waals surface area contributed by atoms with Crippen LogP contribution in [0.5, 0.6) is 5.75 Å². The van der Waals surface area contributed by atoms with Gasteiger partial charge in [-0.2, -0.15) is 5.10 Å². The van der Waals surface area contributed by atoms with E-state index in [-0.39, 0.29) is 16.8 Å². The number of sulfone groups is 1. The largest absolute Gasteiger partial charge is 0.504 e. The number of hydrogen-bond acceptors (Lipinski definition) is 4. The van der Waals surface area contributed by atoms with Gasteiger partial charge in [0.2, 0.25) is 0 Å². The molecule has 2 rings (SSSR count). The molecule has 1 unspecified atom stereocenters. The number of rotatable bonds is 2. The van der Waals surface area contributed by atoms with E-state index < -0.39 is 9.84 Å². The second kappa shape index (κ2) is 4.37. The summed E-state index contributed by atoms with van der Waals surface area (Å²) in [4.78, 5) is 0. The number of halogens is 1. The van der Waals surface area contributed by atoms with Crippen molar-refractivity contribution in [3.8, 4) is 5.75 Å². The Morgan fingerprint density at radius 2 is 2.31 bits per heavy atom. The summed E-state index contributed by atoms with van der Waals surface area (Å²) in [6.45, 7) is 0.309. The molecule has 1 aromatic heterocycles. The third-order valence-corrected chi connectivity index (χ3v) is 5.92. The highest BCUT2D eigenvalue weighted by atomic mass is 79.9. The highest BCUT2D eigenvalue weighted by Gasteiger charge is 2.29. The van der Waals surface area contributed by atoms with Gasteiger partial charge >= 0.3 is 0 Å². The van der Waals surface area contributed by atoms with Crippen molar-refractivity contribution in [3.05, 3.63) is 10.8 Å². The van der Waals surface area contributed by atoms with Gasteiger partial charge < -0.3 is 5.11 Å². The van der Waals surface area contributed by atoms with Crippen LogP contribution in [0.4, 0.5) is 0 Å². The van der Waals surface area contributed by atoms with Gasteiger partial charge in [-0.3, -0.25) is 4.68 Å². The molecule has 2 heterocycles. The highest BCUT2D eigenvalue weighted by molar-refractivity contribution is 9.10. The molecule has 0 radical (unpaired) electrons. The SMILES string of the molecule is O=S1(=O)CCCCC1Cn1ncc(O)c1Br. The predicted octanol–water partition coefficient (Wildman–Crippen LogP) is 1.32. The molecule has 1 aliphatic heterocycles. The Morgan fingerprint density at radius 3 is 2.88 bits per heavy atom. The third-order valence-electron chi connectivity index (χ3n) is 2.85. The molecular formula is C9H13BrN2O3S. The molecule has 0 bridgehead atoms. The van der Waals surface area contributed by atoms with Crippen molar-refractivity contribution in [1.29, 1.82) is 0 Å². The van der Waals surface area contributed by atoms with E-state index in [2.05, 4.69) is 21.0 Å². The van der Waals surface area contributed by atoms with Gasteiger partial charge in [0.1, 0.15) is 4.60 Å². The lowest BCUT2D eigenvalue weighted by molar-refractivity contribution is 0.461. The molecule has 1 N–H and O–H groups in total. The molecule has 5 nitrogen and oxygen atoms in total. The molecule has 0 aromatic carbocycles. The maximum atomic E-state index is 11.8. The van der Waals surface area contributed by atoms with E-state index in [1.807, 2.05) is 0 Å². The van der Waals surface area contributed by atoms with Crippen molar-refractivity contribution in [2.75, 3.05) is 5.75 Å². The Kier molecular flexibility index (Phi) is 3.25. The van der Waals surface area contributed by atoms with Crippen LogP contribution in [0.15, 0.2) is 10.8 Å². The minimum atomic E-state index is -2.99. The van der Waals surface area contributed by atoms with Crippen molar-refractivity contribution in [2.24, 2.45) is 0 Å². The van der Waals surface area contributed by atoms with Crippen LogP contribution in [-0.2, 0) is 16.4 Å². The van der Waals surface area contributed by atoms with Crippen LogP contribution < -0.4 is 0 Å². The lowest BCUT2D eigenvalue weighted by Crippen LogP contribution is -2.32. The molecule has 7 heteroatoms. The quantitative estimate of drug-likeness (QED) is 0.894. The first kappa shape index (κ1) is 11.9. The molecule has 0 amide bonds. The zero-order valence-corrected chi connectivity index (χ0v) is 11.0. The molecule has 1 aromatic rings. The average Bonchev–Trinajstić information content (AvgIpc) is 2.53. The monoisotopic (exact) mass is 308 g/mol. The van der Waals surface area contributed by atoms with Crippen LogP contribution >= 0.6 is 15.9 Å². The fraction of sp³-hybridized carbons (Fsp3) is 0.667. The Bertz CT molecular complexity index is 483. The summed E-state index contributed by atoms with van der Waals surface area (Å²) in [6, 6.07) is 0. The molecule has 0 spiro atoms. The van der Waals surface area contributed by atoms with Crippen LogP contribution in [0, 0.1) is 0 Å². The van der Waals surface area contributed by atoms with E-state index in [0.717, 1.165) is 12.8 Å². The average molecular weight is 309 g/mol. The molecule has 1 fully saturated rings. The van der Waals surface area contributed by atoms with Gasteiger partial charge in [-0.15, -0.1) is 0 Å². The van der Waals surface area contributed by atoms with Crippen LogP contribution in [0.25, 0.3) is 0 Å². The summed E-state index contributed by atoms with van der Waals surface area (Å²) in [5, 5.41) is 12.9. The summed E-state index contributed by atoms with van der Waals surface area (Å²) in [7, 11) is -2.99. The minimum Gasteiger partial charge on any atom is -0.504 e. The Labute approximate surface area is 103 Å². The molecule has 1 aliphatic rings. The van der Waals surface area contributed by atoms with E-state index in [1.165, 1.54) is 10.9 Å². The van der Waals surface area contributed by atoms with Crippen LogP contribution in [0.3, 0.4) is 0 Å². The summed E-state index contributed by atoms with van der Waals surface area (Å²) < 4.78 is 25.5. The number of aromatic nitrogens is 2. The first-order chi connectivity index (χ1) is 7.50. The summed E-state index contributed by atoms with van der Waals surface area (Å²) in [5.41, 5.74) is 0. The topological polar surface area (TPSA) is 72.2 Å². The summed E-state index contributed by atoms with van der Waals surface area (Å²) >= 11 is 3.17. The first-order valence-corrected chi connectivity index (χ1v) is 7.63. The lowest BCUT2D eigenvalue weighted by atomic mass is 10.2. The van der Waals surface area contributed by atoms with Crippen molar-refractivity contribution in [3.63, 3.8) is 0 Å². The fourth-order valence-electron chi connectivity index (χ4n) is 1.91. The van der Waals surface area contributed by atoms with Gasteiger partial charge in [0.05, 0.1) is 23.7 Å². The second-order valence-electron chi connectivity index (χ2n) is 3.99.